The first-order valence-corrected chi connectivity index (χ1v) is 7.98. The second kappa shape index (κ2) is 9.40. The van der Waals surface area contributed by atoms with Crippen LogP contribution in [0.3, 0.4) is 0 Å². The Morgan fingerprint density at radius 1 is 1.27 bits per heavy atom. The van der Waals surface area contributed by atoms with Crippen molar-refractivity contribution in [2.24, 2.45) is 5.92 Å². The van der Waals surface area contributed by atoms with Gasteiger partial charge >= 0.3 is 5.97 Å². The van der Waals surface area contributed by atoms with Gasteiger partial charge in [-0.3, -0.25) is 14.4 Å². The molecule has 0 aromatic heterocycles. The average Bonchev–Trinajstić information content (AvgIpc) is 2.45. The summed E-state index contributed by atoms with van der Waals surface area (Å²) >= 11 is 0. The van der Waals surface area contributed by atoms with E-state index in [0.29, 0.717) is 13.2 Å². The Labute approximate surface area is 131 Å². The molecule has 7 nitrogen and oxygen atoms in total. The van der Waals surface area contributed by atoms with Gasteiger partial charge in [0.05, 0.1) is 26.2 Å². The molecule has 0 spiro atoms. The average molecular weight is 314 g/mol. The lowest BCUT2D eigenvalue weighted by Crippen LogP contribution is -3.14. The summed E-state index contributed by atoms with van der Waals surface area (Å²) in [6.07, 6.45) is 1.72. The fourth-order valence-corrected chi connectivity index (χ4v) is 2.61. The molecule has 3 N–H and O–H groups in total. The molecule has 22 heavy (non-hydrogen) atoms. The number of carbonyl (C=O) groups is 3. The molecule has 126 valence electrons. The second-order valence-corrected chi connectivity index (χ2v) is 5.97. The van der Waals surface area contributed by atoms with E-state index in [-0.39, 0.29) is 42.8 Å². The number of rotatable bonds is 7. The zero-order valence-electron chi connectivity index (χ0n) is 13.7. The van der Waals surface area contributed by atoms with E-state index >= 15 is 0 Å². The first-order chi connectivity index (χ1) is 10.4. The molecular weight excluding hydrogens is 286 g/mol. The van der Waals surface area contributed by atoms with Crippen LogP contribution in [0.2, 0.25) is 0 Å². The third-order valence-electron chi connectivity index (χ3n) is 3.54. The number of likely N-dealkylation sites (tertiary alicyclic amines) is 1. The highest BCUT2D eigenvalue weighted by atomic mass is 16.5. The van der Waals surface area contributed by atoms with Crippen LogP contribution < -0.4 is 15.5 Å². The van der Waals surface area contributed by atoms with Gasteiger partial charge in [-0.2, -0.15) is 0 Å². The van der Waals surface area contributed by atoms with Gasteiger partial charge in [0.15, 0.2) is 6.54 Å². The van der Waals surface area contributed by atoms with Crippen LogP contribution in [0.25, 0.3) is 0 Å². The Kier molecular flexibility index (Phi) is 7.87. The van der Waals surface area contributed by atoms with Crippen LogP contribution in [0.1, 0.15) is 33.6 Å². The molecule has 2 atom stereocenters. The summed E-state index contributed by atoms with van der Waals surface area (Å²) in [7, 11) is 0. The number of piperidine rings is 1. The van der Waals surface area contributed by atoms with E-state index in [4.69, 9.17) is 4.74 Å². The summed E-state index contributed by atoms with van der Waals surface area (Å²) in [6, 6.07) is 0.0578. The van der Waals surface area contributed by atoms with Crippen molar-refractivity contribution in [3.05, 3.63) is 0 Å². The van der Waals surface area contributed by atoms with Crippen molar-refractivity contribution >= 4 is 17.8 Å². The Balaban J connectivity index is 2.31. The SMILES string of the molecule is CCOC(=O)[C@@H]1CCC[NH+](CC(=O)NCC(=O)NC(C)C)C1. The van der Waals surface area contributed by atoms with Gasteiger partial charge < -0.3 is 20.3 Å². The number of ether oxygens (including phenoxy) is 1. The number of quaternary nitrogens is 1. The zero-order chi connectivity index (χ0) is 16.5. The number of hydrogen-bond donors (Lipinski definition) is 3. The van der Waals surface area contributed by atoms with E-state index in [2.05, 4.69) is 10.6 Å². The van der Waals surface area contributed by atoms with Gasteiger partial charge in [-0.05, 0) is 33.6 Å². The van der Waals surface area contributed by atoms with E-state index in [1.807, 2.05) is 13.8 Å². The Morgan fingerprint density at radius 2 is 2.00 bits per heavy atom. The maximum absolute atomic E-state index is 11.9. The van der Waals surface area contributed by atoms with E-state index in [0.717, 1.165) is 24.3 Å². The fourth-order valence-electron chi connectivity index (χ4n) is 2.61. The van der Waals surface area contributed by atoms with Crippen LogP contribution >= 0.6 is 0 Å². The summed E-state index contributed by atoms with van der Waals surface area (Å²) in [4.78, 5) is 36.2. The molecule has 1 fully saturated rings. The molecule has 0 aromatic carbocycles. The quantitative estimate of drug-likeness (QED) is 0.498. The number of amides is 2. The smallest absolute Gasteiger partial charge is 0.314 e. The molecular formula is C15H28N3O4+. The van der Waals surface area contributed by atoms with E-state index in [1.54, 1.807) is 6.92 Å². The molecule has 0 aromatic rings. The fraction of sp³-hybridized carbons (Fsp3) is 0.800. The van der Waals surface area contributed by atoms with Crippen LogP contribution in [0.15, 0.2) is 0 Å². The monoisotopic (exact) mass is 314 g/mol. The molecule has 0 saturated carbocycles. The van der Waals surface area contributed by atoms with Crippen LogP contribution in [0, 0.1) is 5.92 Å². The summed E-state index contributed by atoms with van der Waals surface area (Å²) in [5, 5.41) is 5.33. The van der Waals surface area contributed by atoms with Crippen LogP contribution in [-0.4, -0.2) is 56.6 Å². The predicted molar refractivity (Wildman–Crippen MR) is 81.2 cm³/mol. The molecule has 1 rings (SSSR count). The van der Waals surface area contributed by atoms with Crippen LogP contribution in [-0.2, 0) is 19.1 Å². The molecule has 1 heterocycles. The predicted octanol–water partition coefficient (Wildman–Crippen LogP) is -1.51. The molecule has 1 unspecified atom stereocenters. The standard InChI is InChI=1S/C15H27N3O4/c1-4-22-15(21)12-6-5-7-18(9-12)10-14(20)16-8-13(19)17-11(2)3/h11-12H,4-10H2,1-3H3,(H,16,20)(H,17,19)/p+1/t12-/m1/s1. The molecule has 1 saturated heterocycles. The summed E-state index contributed by atoms with van der Waals surface area (Å²) < 4.78 is 5.04. The van der Waals surface area contributed by atoms with Gasteiger partial charge in [-0.1, -0.05) is 0 Å². The maximum atomic E-state index is 11.9. The van der Waals surface area contributed by atoms with Gasteiger partial charge in [0.1, 0.15) is 5.92 Å². The number of hydrogen-bond acceptors (Lipinski definition) is 4. The van der Waals surface area contributed by atoms with Crippen molar-refractivity contribution in [3.63, 3.8) is 0 Å². The minimum Gasteiger partial charge on any atom is -0.466 e. The first-order valence-electron chi connectivity index (χ1n) is 7.98. The van der Waals surface area contributed by atoms with E-state index in [9.17, 15) is 14.4 Å². The second-order valence-electron chi connectivity index (χ2n) is 5.97. The highest BCUT2D eigenvalue weighted by molar-refractivity contribution is 5.85. The number of nitrogens with one attached hydrogen (secondary N) is 3. The third-order valence-corrected chi connectivity index (χ3v) is 3.54. The van der Waals surface area contributed by atoms with Gasteiger partial charge in [0, 0.05) is 6.04 Å². The molecule has 0 aliphatic carbocycles. The highest BCUT2D eigenvalue weighted by Gasteiger charge is 2.30. The van der Waals surface area contributed by atoms with E-state index < -0.39 is 0 Å². The number of esters is 1. The third kappa shape index (κ3) is 6.89. The van der Waals surface area contributed by atoms with Crippen molar-refractivity contribution < 1.29 is 24.0 Å². The largest absolute Gasteiger partial charge is 0.466 e. The van der Waals surface area contributed by atoms with E-state index in [1.165, 1.54) is 0 Å². The van der Waals surface area contributed by atoms with Crippen molar-refractivity contribution in [1.29, 1.82) is 0 Å². The molecule has 0 radical (unpaired) electrons. The van der Waals surface area contributed by atoms with Crippen molar-refractivity contribution in [3.8, 4) is 0 Å². The lowest BCUT2D eigenvalue weighted by atomic mass is 9.98. The lowest BCUT2D eigenvalue weighted by Gasteiger charge is -2.28. The molecule has 2 amide bonds. The van der Waals surface area contributed by atoms with Crippen LogP contribution in [0.5, 0.6) is 0 Å². The van der Waals surface area contributed by atoms with Gasteiger partial charge in [0.2, 0.25) is 5.91 Å². The summed E-state index contributed by atoms with van der Waals surface area (Å²) in [5.41, 5.74) is 0. The molecule has 1 aliphatic rings. The lowest BCUT2D eigenvalue weighted by molar-refractivity contribution is -0.899. The summed E-state index contributed by atoms with van der Waals surface area (Å²) in [6.45, 7) is 7.67. The first kappa shape index (κ1) is 18.4. The maximum Gasteiger partial charge on any atom is 0.314 e. The van der Waals surface area contributed by atoms with Crippen LogP contribution in [0.4, 0.5) is 0 Å². The Bertz CT molecular complexity index is 398. The highest BCUT2D eigenvalue weighted by Crippen LogP contribution is 2.09. The minimum absolute atomic E-state index is 0.00834. The molecule has 7 heteroatoms. The Morgan fingerprint density at radius 3 is 2.64 bits per heavy atom. The summed E-state index contributed by atoms with van der Waals surface area (Å²) in [5.74, 6) is -0.656. The van der Waals surface area contributed by atoms with Gasteiger partial charge in [-0.25, -0.2) is 0 Å². The topological polar surface area (TPSA) is 88.9 Å². The van der Waals surface area contributed by atoms with Crippen molar-refractivity contribution in [2.45, 2.75) is 39.7 Å². The molecule has 0 bridgehead atoms. The number of carbonyl (C=O) groups excluding carboxylic acids is 3. The Hall–Kier alpha value is -1.63. The van der Waals surface area contributed by atoms with Gasteiger partial charge in [-0.15, -0.1) is 0 Å². The zero-order valence-corrected chi connectivity index (χ0v) is 13.7. The van der Waals surface area contributed by atoms with Gasteiger partial charge in [0.25, 0.3) is 5.91 Å². The van der Waals surface area contributed by atoms with Crippen molar-refractivity contribution in [2.75, 3.05) is 32.8 Å². The molecule has 1 aliphatic heterocycles. The minimum atomic E-state index is -0.193. The van der Waals surface area contributed by atoms with Crippen molar-refractivity contribution in [1.82, 2.24) is 10.6 Å². The normalized spacial score (nSPS) is 21.3.